The molecule has 0 aliphatic carbocycles. The van der Waals surface area contributed by atoms with E-state index in [4.69, 9.17) is 4.74 Å². The molecule has 2 aromatic carbocycles. The van der Waals surface area contributed by atoms with Gasteiger partial charge in [-0.2, -0.15) is 6.07 Å². The summed E-state index contributed by atoms with van der Waals surface area (Å²) in [7, 11) is 0. The Kier molecular flexibility index (Phi) is 9.76. The average Bonchev–Trinajstić information content (AvgIpc) is 2.77. The Morgan fingerprint density at radius 3 is 2.22 bits per heavy atom. The van der Waals surface area contributed by atoms with E-state index in [9.17, 15) is 9.90 Å². The number of ketones is 1. The number of ether oxygens (including phenoxy) is 1. The molecule has 0 saturated carbocycles. The fraction of sp³-hybridized carbons (Fsp3) is 0.323. The van der Waals surface area contributed by atoms with Crippen LogP contribution in [-0.4, -0.2) is 20.9 Å². The van der Waals surface area contributed by atoms with Crippen molar-refractivity contribution in [2.75, 3.05) is 0 Å². The number of allylic oxidation sites excluding steroid dienone is 2. The molecule has 4 rings (SSSR count). The summed E-state index contributed by atoms with van der Waals surface area (Å²) in [5.74, 6) is 1.34. The van der Waals surface area contributed by atoms with Gasteiger partial charge in [0.2, 0.25) is 5.88 Å². The van der Waals surface area contributed by atoms with E-state index < -0.39 is 5.41 Å². The number of benzene rings is 2. The van der Waals surface area contributed by atoms with Crippen LogP contribution >= 0.6 is 0 Å². The maximum atomic E-state index is 11.5. The van der Waals surface area contributed by atoms with Crippen LogP contribution in [0, 0.1) is 30.7 Å². The van der Waals surface area contributed by atoms with E-state index in [1.807, 2.05) is 79.7 Å². The Hall–Kier alpha value is -3.08. The van der Waals surface area contributed by atoms with Gasteiger partial charge in [-0.1, -0.05) is 77.6 Å². The Bertz CT molecular complexity index is 1410. The molecule has 0 aliphatic rings. The van der Waals surface area contributed by atoms with Crippen molar-refractivity contribution in [2.24, 2.45) is 10.8 Å². The number of pyridine rings is 2. The zero-order valence-electron chi connectivity index (χ0n) is 22.8. The molecular formula is C31H35IrN2O3-. The van der Waals surface area contributed by atoms with Gasteiger partial charge in [-0.25, -0.2) is 4.98 Å². The summed E-state index contributed by atoms with van der Waals surface area (Å²) < 4.78 is 6.00. The molecule has 2 aromatic heterocycles. The molecule has 0 aliphatic heterocycles. The maximum absolute atomic E-state index is 11.5. The minimum Gasteiger partial charge on any atom is -0.512 e. The number of rotatable bonds is 3. The first-order valence-corrected chi connectivity index (χ1v) is 12.0. The quantitative estimate of drug-likeness (QED) is 0.103. The molecule has 0 spiro atoms. The second-order valence-electron chi connectivity index (χ2n) is 11.0. The first-order valence-electron chi connectivity index (χ1n) is 12.0. The predicted octanol–water partition coefficient (Wildman–Crippen LogP) is 8.08. The number of hydrogen-bond acceptors (Lipinski definition) is 5. The predicted molar refractivity (Wildman–Crippen MR) is 146 cm³/mol. The van der Waals surface area contributed by atoms with Gasteiger partial charge in [0.05, 0.1) is 0 Å². The minimum absolute atomic E-state index is 0. The van der Waals surface area contributed by atoms with Crippen LogP contribution in [0.15, 0.2) is 66.6 Å². The van der Waals surface area contributed by atoms with Gasteiger partial charge < -0.3 is 9.84 Å². The molecule has 37 heavy (non-hydrogen) atoms. The molecule has 197 valence electrons. The Morgan fingerprint density at radius 1 is 0.919 bits per heavy atom. The van der Waals surface area contributed by atoms with Gasteiger partial charge in [0, 0.05) is 48.6 Å². The molecule has 0 fully saturated rings. The van der Waals surface area contributed by atoms with E-state index in [-0.39, 0.29) is 37.1 Å². The summed E-state index contributed by atoms with van der Waals surface area (Å²) in [5, 5.41) is 14.1. The van der Waals surface area contributed by atoms with Crippen molar-refractivity contribution in [3.05, 3.63) is 84.0 Å². The van der Waals surface area contributed by atoms with Crippen LogP contribution in [0.2, 0.25) is 0 Å². The van der Waals surface area contributed by atoms with Gasteiger partial charge in [-0.15, -0.1) is 6.07 Å². The SMILES string of the molecule is CC(C)(C)C(=O)/C=C(\O)C(C)(C)C.Cc1[c-]c(Oc2nccc3c2ccc2ccccc23)cc(C)n1.[Ir]. The Labute approximate surface area is 233 Å². The third-order valence-electron chi connectivity index (χ3n) is 5.60. The van der Waals surface area contributed by atoms with E-state index in [1.165, 1.54) is 16.8 Å². The van der Waals surface area contributed by atoms with Crippen molar-refractivity contribution in [1.29, 1.82) is 0 Å². The normalized spacial score (nSPS) is 11.9. The molecule has 1 N–H and O–H groups in total. The third kappa shape index (κ3) is 7.95. The summed E-state index contributed by atoms with van der Waals surface area (Å²) in [5.41, 5.74) is 0.952. The van der Waals surface area contributed by atoms with Crippen molar-refractivity contribution in [1.82, 2.24) is 9.97 Å². The summed E-state index contributed by atoms with van der Waals surface area (Å²) in [4.78, 5) is 20.2. The summed E-state index contributed by atoms with van der Waals surface area (Å²) in [6, 6.07) is 19.5. The van der Waals surface area contributed by atoms with E-state index in [2.05, 4.69) is 40.3 Å². The summed E-state index contributed by atoms with van der Waals surface area (Å²) in [6.45, 7) is 15.0. The van der Waals surface area contributed by atoms with Gasteiger partial charge in [-0.05, 0) is 53.6 Å². The number of fused-ring (bicyclic) bond motifs is 3. The number of aliphatic hydroxyl groups excluding tert-OH is 1. The maximum Gasteiger partial charge on any atom is 0.223 e. The van der Waals surface area contributed by atoms with E-state index in [1.54, 1.807) is 6.20 Å². The van der Waals surface area contributed by atoms with Gasteiger partial charge in [0.25, 0.3) is 0 Å². The van der Waals surface area contributed by atoms with Crippen LogP contribution in [0.1, 0.15) is 52.9 Å². The number of aliphatic hydroxyl groups is 1. The van der Waals surface area contributed by atoms with Crippen molar-refractivity contribution < 1.29 is 34.7 Å². The number of nitrogens with zero attached hydrogens (tertiary/aromatic N) is 2. The Balaban J connectivity index is 0.000000299. The van der Waals surface area contributed by atoms with Crippen LogP contribution in [0.5, 0.6) is 11.6 Å². The minimum atomic E-state index is -0.417. The van der Waals surface area contributed by atoms with E-state index in [0.717, 1.165) is 22.2 Å². The monoisotopic (exact) mass is 676 g/mol. The zero-order valence-corrected chi connectivity index (χ0v) is 25.2. The molecule has 2 heterocycles. The van der Waals surface area contributed by atoms with Gasteiger partial charge in [0.1, 0.15) is 5.76 Å². The fourth-order valence-corrected chi connectivity index (χ4v) is 3.44. The third-order valence-corrected chi connectivity index (χ3v) is 5.60. The molecule has 0 unspecified atom stereocenters. The largest absolute Gasteiger partial charge is 0.512 e. The molecule has 0 bridgehead atoms. The van der Waals surface area contributed by atoms with E-state index in [0.29, 0.717) is 11.6 Å². The van der Waals surface area contributed by atoms with E-state index >= 15 is 0 Å². The second kappa shape index (κ2) is 12.0. The van der Waals surface area contributed by atoms with Crippen LogP contribution in [0.3, 0.4) is 0 Å². The number of carbonyl (C=O) groups is 1. The van der Waals surface area contributed by atoms with Crippen LogP contribution < -0.4 is 4.74 Å². The van der Waals surface area contributed by atoms with Gasteiger partial charge >= 0.3 is 0 Å². The van der Waals surface area contributed by atoms with Crippen molar-refractivity contribution >= 4 is 27.3 Å². The summed E-state index contributed by atoms with van der Waals surface area (Å²) in [6.07, 6.45) is 3.12. The Morgan fingerprint density at radius 2 is 1.59 bits per heavy atom. The molecular weight excluding hydrogens is 641 g/mol. The molecule has 1 radical (unpaired) electrons. The standard InChI is InChI=1S/C20H15N2O.C11H20O2.Ir/c1-13-11-16(12-14(2)22-13)23-20-19-8-7-15-5-3-4-6-17(15)18(19)9-10-21-20;1-10(2,3)8(12)7-9(13)11(4,5)6;/h3-11H,1-2H3;7,12H,1-6H3;/q-1;;/b;8-7-;. The molecule has 6 heteroatoms. The van der Waals surface area contributed by atoms with Crippen LogP contribution in [0.25, 0.3) is 21.5 Å². The van der Waals surface area contributed by atoms with Crippen LogP contribution in [-0.2, 0) is 24.9 Å². The first-order chi connectivity index (χ1) is 16.8. The van der Waals surface area contributed by atoms with Crippen molar-refractivity contribution in [3.63, 3.8) is 0 Å². The molecule has 4 aromatic rings. The van der Waals surface area contributed by atoms with Crippen molar-refractivity contribution in [3.8, 4) is 11.6 Å². The molecule has 0 atom stereocenters. The number of hydrogen-bond donors (Lipinski definition) is 1. The molecule has 0 saturated heterocycles. The smallest absolute Gasteiger partial charge is 0.223 e. The van der Waals surface area contributed by atoms with Gasteiger partial charge in [0.15, 0.2) is 5.78 Å². The molecule has 5 nitrogen and oxygen atoms in total. The van der Waals surface area contributed by atoms with Crippen molar-refractivity contribution in [2.45, 2.75) is 55.4 Å². The average molecular weight is 676 g/mol. The number of aryl methyl sites for hydroxylation is 2. The topological polar surface area (TPSA) is 72.3 Å². The number of aromatic nitrogens is 2. The number of carbonyl (C=O) groups excluding carboxylic acids is 1. The summed E-state index contributed by atoms with van der Waals surface area (Å²) >= 11 is 0. The second-order valence-corrected chi connectivity index (χ2v) is 11.0. The zero-order chi connectivity index (χ0) is 26.7. The fourth-order valence-electron chi connectivity index (χ4n) is 3.44. The van der Waals surface area contributed by atoms with Gasteiger partial charge in [-0.3, -0.25) is 9.78 Å². The first kappa shape index (κ1) is 30.1. The molecule has 0 amide bonds. The van der Waals surface area contributed by atoms with Crippen LogP contribution in [0.4, 0.5) is 0 Å².